The van der Waals surface area contributed by atoms with Crippen molar-refractivity contribution < 1.29 is 4.42 Å². The molecule has 0 N–H and O–H groups in total. The summed E-state index contributed by atoms with van der Waals surface area (Å²) in [6.07, 6.45) is 13.9. The Morgan fingerprint density at radius 1 is 0.926 bits per heavy atom. The molecule has 0 amide bonds. The van der Waals surface area contributed by atoms with Gasteiger partial charge in [0.1, 0.15) is 5.52 Å². The third-order valence-electron chi connectivity index (χ3n) is 5.86. The van der Waals surface area contributed by atoms with Gasteiger partial charge in [-0.2, -0.15) is 0 Å². The van der Waals surface area contributed by atoms with Crippen LogP contribution in [0, 0.1) is 18.2 Å². The summed E-state index contributed by atoms with van der Waals surface area (Å²) in [4.78, 5) is 4.49. The Morgan fingerprint density at radius 2 is 1.59 bits per heavy atom. The molecule has 0 aliphatic carbocycles. The SMILES string of the molecule is CCCCCC(CC)c1cc2o[c]nc2c(CCC(C)C)c1CCC(C)C. The topological polar surface area (TPSA) is 26.0 Å². The molecule has 2 rings (SSSR count). The quantitative estimate of drug-likeness (QED) is 0.355. The van der Waals surface area contributed by atoms with Crippen molar-refractivity contribution in [2.24, 2.45) is 11.8 Å². The average Bonchev–Trinajstić information content (AvgIpc) is 3.09. The number of aromatic nitrogens is 1. The lowest BCUT2D eigenvalue weighted by Gasteiger charge is -2.23. The number of fused-ring (bicyclic) bond motifs is 1. The van der Waals surface area contributed by atoms with Crippen molar-refractivity contribution in [3.8, 4) is 0 Å². The van der Waals surface area contributed by atoms with E-state index in [2.05, 4.69) is 59.0 Å². The first-order chi connectivity index (χ1) is 13.0. The Kier molecular flexibility index (Phi) is 8.86. The molecule has 2 aromatic rings. The molecule has 2 nitrogen and oxygen atoms in total. The van der Waals surface area contributed by atoms with Crippen molar-refractivity contribution in [1.29, 1.82) is 0 Å². The summed E-state index contributed by atoms with van der Waals surface area (Å²) in [5.74, 6) is 2.05. The van der Waals surface area contributed by atoms with Crippen LogP contribution in [0.3, 0.4) is 0 Å². The highest BCUT2D eigenvalue weighted by Crippen LogP contribution is 2.36. The minimum Gasteiger partial charge on any atom is -0.432 e. The molecule has 0 aliphatic heterocycles. The maximum absolute atomic E-state index is 5.67. The average molecular weight is 371 g/mol. The number of hydrogen-bond acceptors (Lipinski definition) is 2. The minimum absolute atomic E-state index is 0.631. The van der Waals surface area contributed by atoms with Crippen molar-refractivity contribution in [2.45, 2.75) is 105 Å². The Balaban J connectivity index is 2.48. The van der Waals surface area contributed by atoms with Gasteiger partial charge in [0.05, 0.1) is 0 Å². The first-order valence-corrected chi connectivity index (χ1v) is 11.3. The van der Waals surface area contributed by atoms with Gasteiger partial charge in [-0.1, -0.05) is 60.8 Å². The number of unbranched alkanes of at least 4 members (excludes halogenated alkanes) is 2. The highest BCUT2D eigenvalue weighted by molar-refractivity contribution is 5.79. The van der Waals surface area contributed by atoms with E-state index in [1.54, 1.807) is 5.56 Å². The van der Waals surface area contributed by atoms with Crippen LogP contribution in [0.4, 0.5) is 0 Å². The molecule has 1 aromatic carbocycles. The molecular weight excluding hydrogens is 330 g/mol. The summed E-state index contributed by atoms with van der Waals surface area (Å²) in [5.41, 5.74) is 6.54. The van der Waals surface area contributed by atoms with Crippen LogP contribution in [0.25, 0.3) is 11.1 Å². The summed E-state index contributed by atoms with van der Waals surface area (Å²) in [5, 5.41) is 0. The van der Waals surface area contributed by atoms with Gasteiger partial charge in [-0.05, 0) is 79.0 Å². The van der Waals surface area contributed by atoms with Gasteiger partial charge >= 0.3 is 0 Å². The number of oxazole rings is 1. The Hall–Kier alpha value is -1.31. The van der Waals surface area contributed by atoms with E-state index < -0.39 is 0 Å². The molecule has 0 saturated heterocycles. The van der Waals surface area contributed by atoms with E-state index >= 15 is 0 Å². The molecule has 151 valence electrons. The zero-order valence-corrected chi connectivity index (χ0v) is 18.5. The molecule has 27 heavy (non-hydrogen) atoms. The third-order valence-corrected chi connectivity index (χ3v) is 5.86. The van der Waals surface area contributed by atoms with Gasteiger partial charge in [0, 0.05) is 0 Å². The van der Waals surface area contributed by atoms with E-state index in [1.807, 2.05) is 0 Å². The molecule has 1 radical (unpaired) electrons. The van der Waals surface area contributed by atoms with Gasteiger partial charge in [0.2, 0.25) is 0 Å². The van der Waals surface area contributed by atoms with Gasteiger partial charge in [0.15, 0.2) is 5.58 Å². The van der Waals surface area contributed by atoms with E-state index in [9.17, 15) is 0 Å². The van der Waals surface area contributed by atoms with Crippen molar-refractivity contribution in [2.75, 3.05) is 0 Å². The fourth-order valence-corrected chi connectivity index (χ4v) is 4.10. The normalized spacial score (nSPS) is 13.2. The fraction of sp³-hybridized carbons (Fsp3) is 0.720. The van der Waals surface area contributed by atoms with E-state index in [1.165, 1.54) is 56.1 Å². The smallest absolute Gasteiger partial charge is 0.284 e. The van der Waals surface area contributed by atoms with Crippen molar-refractivity contribution >= 4 is 11.1 Å². The summed E-state index contributed by atoms with van der Waals surface area (Å²) in [6, 6.07) is 2.30. The molecule has 1 aromatic heterocycles. The van der Waals surface area contributed by atoms with Crippen LogP contribution in [0.2, 0.25) is 0 Å². The number of benzene rings is 1. The number of rotatable bonds is 12. The highest BCUT2D eigenvalue weighted by Gasteiger charge is 2.21. The molecule has 2 heteroatoms. The van der Waals surface area contributed by atoms with Crippen molar-refractivity contribution in [3.05, 3.63) is 29.2 Å². The van der Waals surface area contributed by atoms with Crippen LogP contribution >= 0.6 is 0 Å². The minimum atomic E-state index is 0.631. The first-order valence-electron chi connectivity index (χ1n) is 11.3. The Bertz CT molecular complexity index is 683. The second-order valence-corrected chi connectivity index (χ2v) is 9.04. The summed E-state index contributed by atoms with van der Waals surface area (Å²) < 4.78 is 5.67. The molecule has 1 heterocycles. The maximum Gasteiger partial charge on any atom is 0.284 e. The van der Waals surface area contributed by atoms with E-state index in [0.717, 1.165) is 29.9 Å². The first kappa shape index (κ1) is 22.0. The van der Waals surface area contributed by atoms with Crippen molar-refractivity contribution in [1.82, 2.24) is 4.98 Å². The molecule has 1 unspecified atom stereocenters. The van der Waals surface area contributed by atoms with Crippen LogP contribution in [0.5, 0.6) is 0 Å². The summed E-state index contributed by atoms with van der Waals surface area (Å²) >= 11 is 0. The van der Waals surface area contributed by atoms with Gasteiger partial charge < -0.3 is 4.42 Å². The van der Waals surface area contributed by atoms with Crippen LogP contribution in [0.1, 0.15) is 109 Å². The Morgan fingerprint density at radius 3 is 2.19 bits per heavy atom. The molecular formula is C25H40NO. The monoisotopic (exact) mass is 370 g/mol. The van der Waals surface area contributed by atoms with Crippen LogP contribution in [-0.4, -0.2) is 4.98 Å². The molecule has 0 spiro atoms. The lowest BCUT2D eigenvalue weighted by Crippen LogP contribution is -2.09. The summed E-state index contributed by atoms with van der Waals surface area (Å²) in [6.45, 7) is 13.9. The Labute approximate surface area is 167 Å². The van der Waals surface area contributed by atoms with E-state index in [4.69, 9.17) is 4.42 Å². The lowest BCUT2D eigenvalue weighted by molar-refractivity contribution is 0.536. The van der Waals surface area contributed by atoms with Gasteiger partial charge in [-0.15, -0.1) is 0 Å². The van der Waals surface area contributed by atoms with E-state index in [0.29, 0.717) is 11.8 Å². The second kappa shape index (κ2) is 10.9. The molecule has 0 fully saturated rings. The third kappa shape index (κ3) is 6.09. The molecule has 0 aliphatic rings. The number of hydrogen-bond donors (Lipinski definition) is 0. The largest absolute Gasteiger partial charge is 0.432 e. The maximum atomic E-state index is 5.67. The predicted octanol–water partition coefficient (Wildman–Crippen LogP) is 7.88. The fourth-order valence-electron chi connectivity index (χ4n) is 4.10. The second-order valence-electron chi connectivity index (χ2n) is 9.04. The molecule has 0 saturated carbocycles. The van der Waals surface area contributed by atoms with E-state index in [-0.39, 0.29) is 0 Å². The zero-order valence-electron chi connectivity index (χ0n) is 18.5. The number of nitrogens with zero attached hydrogens (tertiary/aromatic N) is 1. The van der Waals surface area contributed by atoms with Crippen LogP contribution < -0.4 is 0 Å². The van der Waals surface area contributed by atoms with Gasteiger partial charge in [-0.25, -0.2) is 4.98 Å². The highest BCUT2D eigenvalue weighted by atomic mass is 16.3. The van der Waals surface area contributed by atoms with Gasteiger partial charge in [-0.3, -0.25) is 0 Å². The predicted molar refractivity (Wildman–Crippen MR) is 116 cm³/mol. The molecule has 1 atom stereocenters. The number of aryl methyl sites for hydroxylation is 1. The van der Waals surface area contributed by atoms with Gasteiger partial charge in [0.25, 0.3) is 6.39 Å². The standard InChI is InChI=1S/C25H40NO/c1-7-9-10-11-20(8-2)23-16-24-25(26-17-27-24)22(15-13-19(5)6)21(23)14-12-18(3)4/h16,18-20H,7-15H2,1-6H3. The van der Waals surface area contributed by atoms with Crippen molar-refractivity contribution in [3.63, 3.8) is 0 Å². The molecule has 0 bridgehead atoms. The lowest BCUT2D eigenvalue weighted by atomic mass is 9.82. The van der Waals surface area contributed by atoms with Crippen LogP contribution in [-0.2, 0) is 12.8 Å². The van der Waals surface area contributed by atoms with Crippen LogP contribution in [0.15, 0.2) is 10.5 Å². The summed E-state index contributed by atoms with van der Waals surface area (Å²) in [7, 11) is 0. The zero-order chi connectivity index (χ0) is 19.8.